The summed E-state index contributed by atoms with van der Waals surface area (Å²) >= 11 is 5.87. The van der Waals surface area contributed by atoms with E-state index in [2.05, 4.69) is 15.5 Å². The summed E-state index contributed by atoms with van der Waals surface area (Å²) in [4.78, 5) is 18.3. The Balaban J connectivity index is 1.65. The van der Waals surface area contributed by atoms with Gasteiger partial charge in [-0.05, 0) is 49.4 Å². The predicted octanol–water partition coefficient (Wildman–Crippen LogP) is 4.66. The van der Waals surface area contributed by atoms with Crippen LogP contribution < -0.4 is 5.32 Å². The zero-order chi connectivity index (χ0) is 21.7. The van der Waals surface area contributed by atoms with E-state index < -0.39 is 29.0 Å². The lowest BCUT2D eigenvalue weighted by Gasteiger charge is -2.19. The normalized spacial score (nSPS) is 11.1. The first kappa shape index (κ1) is 21.8. The predicted molar refractivity (Wildman–Crippen MR) is 105 cm³/mol. The molecule has 0 atom stereocenters. The zero-order valence-corrected chi connectivity index (χ0v) is 16.7. The Bertz CT molecular complexity index is 1030. The number of amides is 1. The zero-order valence-electron chi connectivity index (χ0n) is 16.0. The smallest absolute Gasteiger partial charge is 0.241 e. The van der Waals surface area contributed by atoms with Gasteiger partial charge >= 0.3 is 0 Å². The molecule has 0 saturated carbocycles. The van der Waals surface area contributed by atoms with Crippen LogP contribution in [-0.4, -0.2) is 34.0 Å². The highest BCUT2D eigenvalue weighted by Crippen LogP contribution is 2.21. The Hall–Kier alpha value is -2.91. The Morgan fingerprint density at radius 2 is 1.87 bits per heavy atom. The van der Waals surface area contributed by atoms with Gasteiger partial charge in [-0.2, -0.15) is 4.98 Å². The summed E-state index contributed by atoms with van der Waals surface area (Å²) in [6, 6.07) is 8.63. The van der Waals surface area contributed by atoms with Crippen LogP contribution in [0.3, 0.4) is 0 Å². The van der Waals surface area contributed by atoms with E-state index in [1.54, 1.807) is 29.2 Å². The molecule has 0 bridgehead atoms. The minimum atomic E-state index is -1.64. The van der Waals surface area contributed by atoms with E-state index >= 15 is 0 Å². The van der Waals surface area contributed by atoms with Crippen molar-refractivity contribution in [3.8, 4) is 11.4 Å². The molecule has 3 aromatic rings. The van der Waals surface area contributed by atoms with Crippen LogP contribution in [0, 0.1) is 17.5 Å². The molecule has 0 fully saturated rings. The summed E-state index contributed by atoms with van der Waals surface area (Å²) in [6.07, 6.45) is 0.727. The SMILES string of the molecule is CCCN(CC(=O)Nc1ccc(F)c(F)c1F)Cc1nc(-c2ccc(Cl)cc2)no1. The van der Waals surface area contributed by atoms with Crippen LogP contribution in [0.2, 0.25) is 5.02 Å². The summed E-state index contributed by atoms with van der Waals surface area (Å²) in [6.45, 7) is 2.49. The Morgan fingerprint density at radius 1 is 1.13 bits per heavy atom. The second-order valence-electron chi connectivity index (χ2n) is 6.50. The number of benzene rings is 2. The maximum atomic E-state index is 13.8. The number of hydrogen-bond donors (Lipinski definition) is 1. The average Bonchev–Trinajstić information content (AvgIpc) is 3.17. The molecule has 1 aromatic heterocycles. The van der Waals surface area contributed by atoms with Crippen LogP contribution >= 0.6 is 11.6 Å². The van der Waals surface area contributed by atoms with Gasteiger partial charge in [0, 0.05) is 10.6 Å². The highest BCUT2D eigenvalue weighted by atomic mass is 35.5. The Labute approximate surface area is 175 Å². The first-order valence-corrected chi connectivity index (χ1v) is 9.49. The lowest BCUT2D eigenvalue weighted by Crippen LogP contribution is -2.33. The Kier molecular flexibility index (Phi) is 7.07. The highest BCUT2D eigenvalue weighted by molar-refractivity contribution is 6.30. The molecule has 0 spiro atoms. The molecule has 30 heavy (non-hydrogen) atoms. The molecule has 1 N–H and O–H groups in total. The number of nitrogens with zero attached hydrogens (tertiary/aromatic N) is 3. The molecule has 1 amide bonds. The van der Waals surface area contributed by atoms with Crippen molar-refractivity contribution >= 4 is 23.2 Å². The van der Waals surface area contributed by atoms with Gasteiger partial charge in [-0.3, -0.25) is 9.69 Å². The van der Waals surface area contributed by atoms with Crippen LogP contribution in [0.4, 0.5) is 18.9 Å². The number of halogens is 4. The molecule has 3 rings (SSSR count). The van der Waals surface area contributed by atoms with Crippen molar-refractivity contribution in [3.05, 3.63) is 64.8 Å². The number of rotatable bonds is 8. The van der Waals surface area contributed by atoms with E-state index in [1.165, 1.54) is 0 Å². The molecule has 10 heteroatoms. The van der Waals surface area contributed by atoms with Gasteiger partial charge in [-0.25, -0.2) is 13.2 Å². The molecule has 0 radical (unpaired) electrons. The van der Waals surface area contributed by atoms with Crippen molar-refractivity contribution in [2.45, 2.75) is 19.9 Å². The molecule has 0 aliphatic heterocycles. The van der Waals surface area contributed by atoms with E-state index in [0.717, 1.165) is 24.1 Å². The van der Waals surface area contributed by atoms with E-state index in [4.69, 9.17) is 16.1 Å². The first-order chi connectivity index (χ1) is 14.4. The molecule has 1 heterocycles. The molecule has 2 aromatic carbocycles. The minimum absolute atomic E-state index is 0.134. The molecular weight excluding hydrogens is 421 g/mol. The van der Waals surface area contributed by atoms with Gasteiger partial charge in [0.2, 0.25) is 17.6 Å². The summed E-state index contributed by atoms with van der Waals surface area (Å²) < 4.78 is 45.4. The number of nitrogens with one attached hydrogen (secondary N) is 1. The van der Waals surface area contributed by atoms with Crippen molar-refractivity contribution in [1.82, 2.24) is 15.0 Å². The monoisotopic (exact) mass is 438 g/mol. The Morgan fingerprint density at radius 3 is 2.57 bits per heavy atom. The van der Waals surface area contributed by atoms with Crippen LogP contribution in [0.25, 0.3) is 11.4 Å². The van der Waals surface area contributed by atoms with E-state index in [0.29, 0.717) is 23.3 Å². The first-order valence-electron chi connectivity index (χ1n) is 9.11. The number of hydrogen-bond acceptors (Lipinski definition) is 5. The van der Waals surface area contributed by atoms with Gasteiger partial charge in [0.05, 0.1) is 18.8 Å². The molecule has 0 aliphatic carbocycles. The summed E-state index contributed by atoms with van der Waals surface area (Å²) in [5.74, 6) is -4.34. The maximum absolute atomic E-state index is 13.8. The van der Waals surface area contributed by atoms with Crippen molar-refractivity contribution in [2.24, 2.45) is 0 Å². The third kappa shape index (κ3) is 5.37. The minimum Gasteiger partial charge on any atom is -0.338 e. The van der Waals surface area contributed by atoms with Crippen LogP contribution in [0.15, 0.2) is 40.9 Å². The van der Waals surface area contributed by atoms with E-state index in [9.17, 15) is 18.0 Å². The van der Waals surface area contributed by atoms with Crippen LogP contribution in [-0.2, 0) is 11.3 Å². The molecule has 158 valence electrons. The average molecular weight is 439 g/mol. The molecular formula is C20H18ClF3N4O2. The summed E-state index contributed by atoms with van der Waals surface area (Å²) in [5, 5.41) is 6.75. The third-order valence-corrected chi connectivity index (χ3v) is 4.40. The highest BCUT2D eigenvalue weighted by Gasteiger charge is 2.18. The number of aromatic nitrogens is 2. The number of anilines is 1. The van der Waals surface area contributed by atoms with Gasteiger partial charge in [0.15, 0.2) is 17.5 Å². The number of carbonyl (C=O) groups excluding carboxylic acids is 1. The van der Waals surface area contributed by atoms with Gasteiger partial charge in [0.25, 0.3) is 0 Å². The van der Waals surface area contributed by atoms with Crippen LogP contribution in [0.5, 0.6) is 0 Å². The van der Waals surface area contributed by atoms with Crippen molar-refractivity contribution in [1.29, 1.82) is 0 Å². The summed E-state index contributed by atoms with van der Waals surface area (Å²) in [5.41, 5.74) is 0.293. The van der Waals surface area contributed by atoms with Crippen LogP contribution in [0.1, 0.15) is 19.2 Å². The summed E-state index contributed by atoms with van der Waals surface area (Å²) in [7, 11) is 0. The third-order valence-electron chi connectivity index (χ3n) is 4.15. The second-order valence-corrected chi connectivity index (χ2v) is 6.94. The van der Waals surface area contributed by atoms with Gasteiger partial charge in [-0.1, -0.05) is 23.7 Å². The lowest BCUT2D eigenvalue weighted by molar-refractivity contribution is -0.117. The maximum Gasteiger partial charge on any atom is 0.241 e. The molecule has 0 saturated heterocycles. The van der Waals surface area contributed by atoms with Crippen molar-refractivity contribution in [2.75, 3.05) is 18.4 Å². The fourth-order valence-electron chi connectivity index (χ4n) is 2.77. The quantitative estimate of drug-likeness (QED) is 0.518. The molecule has 0 aliphatic rings. The van der Waals surface area contributed by atoms with Gasteiger partial charge in [0.1, 0.15) is 0 Å². The van der Waals surface area contributed by atoms with Crippen molar-refractivity contribution < 1.29 is 22.5 Å². The van der Waals surface area contributed by atoms with Crippen molar-refractivity contribution in [3.63, 3.8) is 0 Å². The fraction of sp³-hybridized carbons (Fsp3) is 0.250. The largest absolute Gasteiger partial charge is 0.338 e. The standard InChI is InChI=1S/C20H18ClF3N4O2/c1-2-9-28(10-16(29)25-15-8-7-14(22)18(23)19(15)24)11-17-26-20(27-30-17)12-3-5-13(21)6-4-12/h3-8H,2,9-11H2,1H3,(H,25,29). The molecule has 0 unspecified atom stereocenters. The topological polar surface area (TPSA) is 71.3 Å². The lowest BCUT2D eigenvalue weighted by atomic mass is 10.2. The van der Waals surface area contributed by atoms with E-state index in [1.807, 2.05) is 6.92 Å². The second kappa shape index (κ2) is 9.73. The van der Waals surface area contributed by atoms with Gasteiger partial charge < -0.3 is 9.84 Å². The fourth-order valence-corrected chi connectivity index (χ4v) is 2.90. The van der Waals surface area contributed by atoms with E-state index in [-0.39, 0.29) is 13.1 Å². The molecule has 6 nitrogen and oxygen atoms in total. The van der Waals surface area contributed by atoms with Gasteiger partial charge in [-0.15, -0.1) is 0 Å². The number of carbonyl (C=O) groups is 1.